The molecule has 3 heterocycles. The fourth-order valence-electron chi connectivity index (χ4n) is 3.66. The molecule has 154 valence electrons. The summed E-state index contributed by atoms with van der Waals surface area (Å²) in [6.45, 7) is 0.572. The van der Waals surface area contributed by atoms with Gasteiger partial charge in [-0.2, -0.15) is 0 Å². The molecule has 4 rings (SSSR count). The minimum Gasteiger partial charge on any atom is -0.361 e. The van der Waals surface area contributed by atoms with E-state index < -0.39 is 6.03 Å². The number of aromatic amines is 1. The molecule has 1 aromatic carbocycles. The van der Waals surface area contributed by atoms with Crippen molar-refractivity contribution >= 4 is 28.7 Å². The van der Waals surface area contributed by atoms with Crippen LogP contribution in [0.15, 0.2) is 55.0 Å². The molecule has 0 atom stereocenters. The van der Waals surface area contributed by atoms with Crippen molar-refractivity contribution in [2.45, 2.75) is 13.0 Å². The third-order valence-electron chi connectivity index (χ3n) is 5.30. The number of carbonyl (C=O) groups excluding carboxylic acids is 3. The van der Waals surface area contributed by atoms with Crippen LogP contribution >= 0.6 is 0 Å². The number of benzene rings is 1. The quantitative estimate of drug-likeness (QED) is 0.609. The van der Waals surface area contributed by atoms with Gasteiger partial charge in [-0.25, -0.2) is 4.79 Å². The molecule has 3 aromatic rings. The molecular formula is C22H23N5O3. The van der Waals surface area contributed by atoms with Gasteiger partial charge in [0.15, 0.2) is 0 Å². The van der Waals surface area contributed by atoms with E-state index in [1.165, 1.54) is 4.90 Å². The molecule has 1 saturated heterocycles. The molecule has 4 amide bonds. The molecule has 0 spiro atoms. The van der Waals surface area contributed by atoms with E-state index in [1.54, 1.807) is 24.3 Å². The van der Waals surface area contributed by atoms with Crippen molar-refractivity contribution in [1.82, 2.24) is 24.7 Å². The van der Waals surface area contributed by atoms with Gasteiger partial charge in [0.05, 0.1) is 0 Å². The Bertz CT molecular complexity index is 1080. The summed E-state index contributed by atoms with van der Waals surface area (Å²) in [6, 6.07) is 11.3. The third kappa shape index (κ3) is 4.03. The average Bonchev–Trinajstić information content (AvgIpc) is 3.27. The highest BCUT2D eigenvalue weighted by atomic mass is 16.2. The average molecular weight is 405 g/mol. The van der Waals surface area contributed by atoms with Gasteiger partial charge in [0.2, 0.25) is 5.91 Å². The lowest BCUT2D eigenvalue weighted by Gasteiger charge is -2.25. The molecule has 8 nitrogen and oxygen atoms in total. The van der Waals surface area contributed by atoms with Gasteiger partial charge in [0, 0.05) is 49.6 Å². The van der Waals surface area contributed by atoms with Crippen molar-refractivity contribution in [3.05, 3.63) is 66.1 Å². The van der Waals surface area contributed by atoms with Crippen LogP contribution in [0, 0.1) is 0 Å². The smallest absolute Gasteiger partial charge is 0.327 e. The SMILES string of the molecule is CN1CC(=O)N(CC(=O)N(CCc2c[nH]c3ccccc23)Cc2cccnc2)C1=O. The van der Waals surface area contributed by atoms with Gasteiger partial charge < -0.3 is 14.8 Å². The molecule has 0 aliphatic carbocycles. The first-order valence-electron chi connectivity index (χ1n) is 9.80. The molecule has 0 radical (unpaired) electrons. The Balaban J connectivity index is 1.51. The number of hydrogen-bond donors (Lipinski definition) is 1. The number of rotatable bonds is 7. The second-order valence-electron chi connectivity index (χ2n) is 7.40. The van der Waals surface area contributed by atoms with Crippen LogP contribution in [0.4, 0.5) is 4.79 Å². The van der Waals surface area contributed by atoms with E-state index >= 15 is 0 Å². The molecule has 30 heavy (non-hydrogen) atoms. The second-order valence-corrected chi connectivity index (χ2v) is 7.40. The number of fused-ring (bicyclic) bond motifs is 1. The van der Waals surface area contributed by atoms with Crippen molar-refractivity contribution in [2.24, 2.45) is 0 Å². The number of para-hydroxylation sites is 1. The second kappa shape index (κ2) is 8.36. The van der Waals surface area contributed by atoms with E-state index in [2.05, 4.69) is 9.97 Å². The summed E-state index contributed by atoms with van der Waals surface area (Å²) in [4.78, 5) is 48.7. The van der Waals surface area contributed by atoms with Crippen molar-refractivity contribution in [3.63, 3.8) is 0 Å². The van der Waals surface area contributed by atoms with Crippen LogP contribution in [0.3, 0.4) is 0 Å². The highest BCUT2D eigenvalue weighted by Gasteiger charge is 2.35. The number of carbonyl (C=O) groups is 3. The fourth-order valence-corrected chi connectivity index (χ4v) is 3.66. The normalized spacial score (nSPS) is 14.0. The zero-order valence-corrected chi connectivity index (χ0v) is 16.7. The third-order valence-corrected chi connectivity index (χ3v) is 5.30. The van der Waals surface area contributed by atoms with Gasteiger partial charge >= 0.3 is 6.03 Å². The zero-order chi connectivity index (χ0) is 21.1. The van der Waals surface area contributed by atoms with Gasteiger partial charge in [0.1, 0.15) is 13.1 Å². The van der Waals surface area contributed by atoms with Crippen molar-refractivity contribution in [2.75, 3.05) is 26.7 Å². The van der Waals surface area contributed by atoms with Crippen LogP contribution in [-0.2, 0) is 22.6 Å². The Kier molecular flexibility index (Phi) is 5.47. The molecule has 1 aliphatic rings. The maximum atomic E-state index is 13.1. The van der Waals surface area contributed by atoms with Gasteiger partial charge in [-0.3, -0.25) is 19.5 Å². The Morgan fingerprint density at radius 1 is 1.20 bits per heavy atom. The van der Waals surface area contributed by atoms with Gasteiger partial charge in [0.25, 0.3) is 5.91 Å². The molecule has 8 heteroatoms. The maximum absolute atomic E-state index is 13.1. The zero-order valence-electron chi connectivity index (χ0n) is 16.7. The molecule has 2 aromatic heterocycles. The minimum absolute atomic E-state index is 0.00403. The van der Waals surface area contributed by atoms with Gasteiger partial charge in [-0.1, -0.05) is 24.3 Å². The Morgan fingerprint density at radius 2 is 2.03 bits per heavy atom. The van der Waals surface area contributed by atoms with Crippen LogP contribution in [-0.4, -0.2) is 69.2 Å². The van der Waals surface area contributed by atoms with E-state index in [0.29, 0.717) is 19.5 Å². The van der Waals surface area contributed by atoms with Crippen LogP contribution in [0.5, 0.6) is 0 Å². The summed E-state index contributed by atoms with van der Waals surface area (Å²) >= 11 is 0. The molecule has 1 fully saturated rings. The largest absolute Gasteiger partial charge is 0.361 e. The van der Waals surface area contributed by atoms with Crippen molar-refractivity contribution < 1.29 is 14.4 Å². The van der Waals surface area contributed by atoms with Crippen molar-refractivity contribution in [3.8, 4) is 0 Å². The number of likely N-dealkylation sites (N-methyl/N-ethyl adjacent to an activating group) is 1. The molecule has 1 aliphatic heterocycles. The Morgan fingerprint density at radius 3 is 2.77 bits per heavy atom. The number of hydrogen-bond acceptors (Lipinski definition) is 4. The Labute approximate surface area is 174 Å². The van der Waals surface area contributed by atoms with Crippen LogP contribution in [0.2, 0.25) is 0 Å². The lowest BCUT2D eigenvalue weighted by atomic mass is 10.1. The number of nitrogens with zero attached hydrogens (tertiary/aromatic N) is 4. The standard InChI is InChI=1S/C22H23N5O3/c1-25-14-21(29)27(22(25)30)15-20(28)26(13-16-5-4-9-23-11-16)10-8-17-12-24-19-7-3-2-6-18(17)19/h2-7,9,11-12,24H,8,10,13-15H2,1H3. The monoisotopic (exact) mass is 405 g/mol. The van der Waals surface area contributed by atoms with E-state index in [0.717, 1.165) is 26.9 Å². The fraction of sp³-hybridized carbons (Fsp3) is 0.273. The van der Waals surface area contributed by atoms with Gasteiger partial charge in [-0.15, -0.1) is 0 Å². The summed E-state index contributed by atoms with van der Waals surface area (Å²) in [5, 5.41) is 1.12. The first kappa shape index (κ1) is 19.6. The topological polar surface area (TPSA) is 89.6 Å². The Hall–Kier alpha value is -3.68. The highest BCUT2D eigenvalue weighted by molar-refractivity contribution is 6.04. The number of urea groups is 1. The van der Waals surface area contributed by atoms with E-state index in [-0.39, 0.29) is 24.9 Å². The first-order chi connectivity index (χ1) is 14.5. The summed E-state index contributed by atoms with van der Waals surface area (Å²) in [5.41, 5.74) is 3.05. The van der Waals surface area contributed by atoms with E-state index in [4.69, 9.17) is 0 Å². The summed E-state index contributed by atoms with van der Waals surface area (Å²) in [5.74, 6) is -0.621. The lowest BCUT2D eigenvalue weighted by molar-refractivity contribution is -0.137. The molecule has 0 unspecified atom stereocenters. The summed E-state index contributed by atoms with van der Waals surface area (Å²) in [7, 11) is 1.55. The van der Waals surface area contributed by atoms with Crippen LogP contribution < -0.4 is 0 Å². The number of nitrogens with one attached hydrogen (secondary N) is 1. The van der Waals surface area contributed by atoms with E-state index in [1.807, 2.05) is 42.6 Å². The number of imide groups is 1. The number of H-pyrrole nitrogens is 1. The van der Waals surface area contributed by atoms with Crippen LogP contribution in [0.1, 0.15) is 11.1 Å². The maximum Gasteiger partial charge on any atom is 0.327 e. The van der Waals surface area contributed by atoms with Crippen LogP contribution in [0.25, 0.3) is 10.9 Å². The van der Waals surface area contributed by atoms with Gasteiger partial charge in [-0.05, 0) is 29.7 Å². The molecule has 0 bridgehead atoms. The summed E-state index contributed by atoms with van der Waals surface area (Å²) in [6.07, 6.45) is 6.00. The molecule has 0 saturated carbocycles. The molecule has 1 N–H and O–H groups in total. The predicted octanol–water partition coefficient (Wildman–Crippen LogP) is 2.03. The lowest BCUT2D eigenvalue weighted by Crippen LogP contribution is -2.43. The number of pyridine rings is 1. The molecular weight excluding hydrogens is 382 g/mol. The first-order valence-corrected chi connectivity index (χ1v) is 9.80. The number of amides is 4. The minimum atomic E-state index is -0.439. The van der Waals surface area contributed by atoms with Crippen molar-refractivity contribution in [1.29, 1.82) is 0 Å². The predicted molar refractivity (Wildman–Crippen MR) is 111 cm³/mol. The van der Waals surface area contributed by atoms with E-state index in [9.17, 15) is 14.4 Å². The highest BCUT2D eigenvalue weighted by Crippen LogP contribution is 2.19. The summed E-state index contributed by atoms with van der Waals surface area (Å²) < 4.78 is 0. The number of aromatic nitrogens is 2.